The number of nitrogens with one attached hydrogen (secondary N) is 1. The molecule has 1 unspecified atom stereocenters. The molecule has 0 radical (unpaired) electrons. The largest absolute Gasteiger partial charge is 0.377 e. The third kappa shape index (κ3) is 3.57. The van der Waals surface area contributed by atoms with Gasteiger partial charge in [-0.05, 0) is 31.4 Å². The highest BCUT2D eigenvalue weighted by Crippen LogP contribution is 2.19. The number of aryl methyl sites for hydroxylation is 1. The zero-order chi connectivity index (χ0) is 13.2. The summed E-state index contributed by atoms with van der Waals surface area (Å²) in [5.74, 6) is -0.0192. The molecular weight excluding hydrogens is 276 g/mol. The van der Waals surface area contributed by atoms with Gasteiger partial charge in [-0.2, -0.15) is 0 Å². The van der Waals surface area contributed by atoms with E-state index in [1.54, 1.807) is 13.0 Å². The molecule has 1 saturated heterocycles. The minimum absolute atomic E-state index is 0.0192. The van der Waals surface area contributed by atoms with Crippen molar-refractivity contribution in [3.05, 3.63) is 23.0 Å². The molecule has 1 fully saturated rings. The van der Waals surface area contributed by atoms with Crippen LogP contribution in [0.3, 0.4) is 0 Å². The van der Waals surface area contributed by atoms with E-state index in [0.29, 0.717) is 17.4 Å². The van der Waals surface area contributed by atoms with Crippen molar-refractivity contribution in [1.82, 2.24) is 4.98 Å². The number of anilines is 1. The first kappa shape index (κ1) is 13.6. The highest BCUT2D eigenvalue weighted by Gasteiger charge is 2.23. The number of ether oxygens (including phenoxy) is 1. The van der Waals surface area contributed by atoms with E-state index >= 15 is 0 Å². The summed E-state index contributed by atoms with van der Waals surface area (Å²) in [4.78, 5) is 3.90. The van der Waals surface area contributed by atoms with Gasteiger partial charge in [-0.3, -0.25) is 4.72 Å². The number of rotatable bonds is 4. The maximum Gasteiger partial charge on any atom is 0.235 e. The summed E-state index contributed by atoms with van der Waals surface area (Å²) in [6, 6.07) is 1.66. The number of hydrogen-bond donors (Lipinski definition) is 1. The molecule has 1 atom stereocenters. The van der Waals surface area contributed by atoms with Gasteiger partial charge in [0.05, 0.1) is 23.7 Å². The van der Waals surface area contributed by atoms with Crippen molar-refractivity contribution in [1.29, 1.82) is 0 Å². The number of hydrogen-bond acceptors (Lipinski definition) is 4. The minimum atomic E-state index is -3.41. The molecule has 0 amide bonds. The highest BCUT2D eigenvalue weighted by molar-refractivity contribution is 7.92. The van der Waals surface area contributed by atoms with Crippen LogP contribution in [-0.4, -0.2) is 31.9 Å². The Bertz CT molecular complexity index is 527. The van der Waals surface area contributed by atoms with Crippen molar-refractivity contribution in [2.75, 3.05) is 17.1 Å². The molecule has 1 aliphatic rings. The number of halogens is 1. The van der Waals surface area contributed by atoms with Crippen LogP contribution in [0.4, 0.5) is 5.69 Å². The van der Waals surface area contributed by atoms with Crippen molar-refractivity contribution in [3.63, 3.8) is 0 Å². The fraction of sp³-hybridized carbons (Fsp3) is 0.545. The normalized spacial score (nSPS) is 20.0. The molecule has 0 bridgehead atoms. The monoisotopic (exact) mass is 290 g/mol. The van der Waals surface area contributed by atoms with Crippen LogP contribution in [0.15, 0.2) is 12.3 Å². The van der Waals surface area contributed by atoms with Crippen molar-refractivity contribution >= 4 is 27.3 Å². The average Bonchev–Trinajstić information content (AvgIpc) is 2.75. The second-order valence-electron chi connectivity index (χ2n) is 4.35. The fourth-order valence-electron chi connectivity index (χ4n) is 1.86. The van der Waals surface area contributed by atoms with Gasteiger partial charge in [0, 0.05) is 6.61 Å². The van der Waals surface area contributed by atoms with Gasteiger partial charge in [0.15, 0.2) is 0 Å². The van der Waals surface area contributed by atoms with Crippen LogP contribution in [0.2, 0.25) is 5.15 Å². The Morgan fingerprint density at radius 1 is 1.61 bits per heavy atom. The summed E-state index contributed by atoms with van der Waals surface area (Å²) in [6.45, 7) is 2.41. The van der Waals surface area contributed by atoms with Crippen molar-refractivity contribution in [2.45, 2.75) is 25.9 Å². The van der Waals surface area contributed by atoms with Crippen LogP contribution >= 0.6 is 11.6 Å². The maximum atomic E-state index is 11.9. The number of pyridine rings is 1. The van der Waals surface area contributed by atoms with Crippen LogP contribution in [0.5, 0.6) is 0 Å². The van der Waals surface area contributed by atoms with Gasteiger partial charge in [-0.25, -0.2) is 13.4 Å². The van der Waals surface area contributed by atoms with E-state index in [1.807, 2.05) is 0 Å². The molecule has 1 N–H and O–H groups in total. The molecule has 100 valence electrons. The zero-order valence-electron chi connectivity index (χ0n) is 10.0. The van der Waals surface area contributed by atoms with Crippen LogP contribution in [-0.2, 0) is 14.8 Å². The van der Waals surface area contributed by atoms with E-state index in [0.717, 1.165) is 18.4 Å². The highest BCUT2D eigenvalue weighted by atomic mass is 35.5. The first-order chi connectivity index (χ1) is 8.46. The lowest BCUT2D eigenvalue weighted by atomic mass is 10.3. The Balaban J connectivity index is 2.04. The molecule has 1 aromatic rings. The summed E-state index contributed by atoms with van der Waals surface area (Å²) in [7, 11) is -3.41. The Kier molecular flexibility index (Phi) is 4.09. The molecule has 0 aromatic carbocycles. The van der Waals surface area contributed by atoms with Gasteiger partial charge < -0.3 is 4.74 Å². The van der Waals surface area contributed by atoms with Gasteiger partial charge in [0.25, 0.3) is 0 Å². The van der Waals surface area contributed by atoms with Crippen LogP contribution < -0.4 is 4.72 Å². The van der Waals surface area contributed by atoms with E-state index in [-0.39, 0.29) is 11.9 Å². The first-order valence-corrected chi connectivity index (χ1v) is 7.73. The zero-order valence-corrected chi connectivity index (χ0v) is 11.6. The topological polar surface area (TPSA) is 68.3 Å². The Morgan fingerprint density at radius 2 is 2.39 bits per heavy atom. The van der Waals surface area contributed by atoms with Gasteiger partial charge in [0.1, 0.15) is 5.15 Å². The molecule has 0 aliphatic carbocycles. The lowest BCUT2D eigenvalue weighted by Gasteiger charge is -2.12. The quantitative estimate of drug-likeness (QED) is 0.861. The molecular formula is C11H15ClN2O3S. The maximum absolute atomic E-state index is 11.9. The number of sulfonamides is 1. The summed E-state index contributed by atoms with van der Waals surface area (Å²) < 4.78 is 31.6. The summed E-state index contributed by atoms with van der Waals surface area (Å²) >= 11 is 5.78. The predicted octanol–water partition coefficient (Wildman–Crippen LogP) is 1.96. The van der Waals surface area contributed by atoms with Crippen molar-refractivity contribution < 1.29 is 13.2 Å². The smallest absolute Gasteiger partial charge is 0.235 e. The van der Waals surface area contributed by atoms with E-state index in [9.17, 15) is 8.42 Å². The predicted molar refractivity (Wildman–Crippen MR) is 70.4 cm³/mol. The van der Waals surface area contributed by atoms with Crippen molar-refractivity contribution in [2.24, 2.45) is 0 Å². The third-order valence-electron chi connectivity index (χ3n) is 2.72. The number of nitrogens with zero attached hydrogens (tertiary/aromatic N) is 1. The Labute approximate surface area is 112 Å². The van der Waals surface area contributed by atoms with Crippen LogP contribution in [0.25, 0.3) is 0 Å². The standard InChI is InChI=1S/C11H15ClN2O3S/c1-8-5-9(6-13-11(8)12)14-18(15,16)7-10-3-2-4-17-10/h5-6,10,14H,2-4,7H2,1H3. The lowest BCUT2D eigenvalue weighted by molar-refractivity contribution is 0.127. The van der Waals surface area contributed by atoms with E-state index in [4.69, 9.17) is 16.3 Å². The molecule has 7 heteroatoms. The number of aromatic nitrogens is 1. The second kappa shape index (κ2) is 5.42. The molecule has 2 heterocycles. The lowest BCUT2D eigenvalue weighted by Crippen LogP contribution is -2.25. The summed E-state index contributed by atoms with van der Waals surface area (Å²) in [6.07, 6.45) is 2.91. The van der Waals surface area contributed by atoms with Crippen LogP contribution in [0.1, 0.15) is 18.4 Å². The SMILES string of the molecule is Cc1cc(NS(=O)(=O)CC2CCCO2)cnc1Cl. The summed E-state index contributed by atoms with van der Waals surface area (Å²) in [5, 5.41) is 0.372. The van der Waals surface area contributed by atoms with E-state index < -0.39 is 10.0 Å². The van der Waals surface area contributed by atoms with Crippen LogP contribution in [0, 0.1) is 6.92 Å². The Hall–Kier alpha value is -0.850. The molecule has 0 spiro atoms. The molecule has 1 aromatic heterocycles. The van der Waals surface area contributed by atoms with Gasteiger partial charge in [-0.15, -0.1) is 0 Å². The molecule has 1 aliphatic heterocycles. The van der Waals surface area contributed by atoms with Gasteiger partial charge in [0.2, 0.25) is 10.0 Å². The van der Waals surface area contributed by atoms with Gasteiger partial charge >= 0.3 is 0 Å². The molecule has 0 saturated carbocycles. The molecule has 18 heavy (non-hydrogen) atoms. The fourth-order valence-corrected chi connectivity index (χ4v) is 3.27. The van der Waals surface area contributed by atoms with Gasteiger partial charge in [-0.1, -0.05) is 11.6 Å². The Morgan fingerprint density at radius 3 is 3.00 bits per heavy atom. The van der Waals surface area contributed by atoms with E-state index in [1.165, 1.54) is 6.20 Å². The second-order valence-corrected chi connectivity index (χ2v) is 6.48. The summed E-state index contributed by atoms with van der Waals surface area (Å²) in [5.41, 5.74) is 1.16. The first-order valence-electron chi connectivity index (χ1n) is 5.70. The molecule has 2 rings (SSSR count). The molecule has 5 nitrogen and oxygen atoms in total. The average molecular weight is 291 g/mol. The van der Waals surface area contributed by atoms with E-state index in [2.05, 4.69) is 9.71 Å². The van der Waals surface area contributed by atoms with Crippen molar-refractivity contribution in [3.8, 4) is 0 Å². The third-order valence-corrected chi connectivity index (χ3v) is 4.47. The minimum Gasteiger partial charge on any atom is -0.377 e.